The van der Waals surface area contributed by atoms with E-state index in [1.54, 1.807) is 12.1 Å². The van der Waals surface area contributed by atoms with Crippen molar-refractivity contribution < 1.29 is 4.92 Å². The highest BCUT2D eigenvalue weighted by Crippen LogP contribution is 2.26. The van der Waals surface area contributed by atoms with E-state index < -0.39 is 0 Å². The monoisotopic (exact) mass is 357 g/mol. The summed E-state index contributed by atoms with van der Waals surface area (Å²) in [6, 6.07) is 21.4. The van der Waals surface area contributed by atoms with Crippen LogP contribution in [0.15, 0.2) is 66.7 Å². The van der Waals surface area contributed by atoms with Gasteiger partial charge < -0.3 is 0 Å². The highest BCUT2D eigenvalue weighted by Gasteiger charge is 2.11. The van der Waals surface area contributed by atoms with Gasteiger partial charge >= 0.3 is 0 Å². The standard InChI is InChI=1S/C22H17NO2.C2H6/c24-23(25)22-6-2-5-20(15-22)19-4-1-3-16(13-19)7-8-17-9-10-18-11-12-21(18)14-17;1-2/h1-10,13-15H,11-12H2;1-2H3/b8-7+;. The fraction of sp³-hybridized carbons (Fsp3) is 0.167. The van der Waals surface area contributed by atoms with E-state index in [0.717, 1.165) is 16.7 Å². The Labute approximate surface area is 160 Å². The lowest BCUT2D eigenvalue weighted by atomic mass is 9.87. The van der Waals surface area contributed by atoms with Crippen molar-refractivity contribution in [3.63, 3.8) is 0 Å². The third-order valence-electron chi connectivity index (χ3n) is 4.64. The highest BCUT2D eigenvalue weighted by molar-refractivity contribution is 5.74. The van der Waals surface area contributed by atoms with Gasteiger partial charge in [0, 0.05) is 12.1 Å². The van der Waals surface area contributed by atoms with Crippen molar-refractivity contribution in [3.05, 3.63) is 99.1 Å². The van der Waals surface area contributed by atoms with Crippen molar-refractivity contribution in [2.75, 3.05) is 0 Å². The molecule has 4 rings (SSSR count). The average Bonchev–Trinajstić information content (AvgIpc) is 2.70. The molecule has 0 N–H and O–H groups in total. The normalized spacial score (nSPS) is 11.9. The highest BCUT2D eigenvalue weighted by atomic mass is 16.6. The van der Waals surface area contributed by atoms with Crippen molar-refractivity contribution in [3.8, 4) is 11.1 Å². The SMILES string of the molecule is CC.O=[N+]([O-])c1cccc(-c2cccc(/C=C/c3ccc4c(c3)CC4)c2)c1. The minimum absolute atomic E-state index is 0.112. The summed E-state index contributed by atoms with van der Waals surface area (Å²) in [6.07, 6.45) is 6.58. The molecule has 0 saturated heterocycles. The van der Waals surface area contributed by atoms with Gasteiger partial charge in [0.2, 0.25) is 0 Å². The first-order chi connectivity index (χ1) is 13.2. The maximum Gasteiger partial charge on any atom is 0.270 e. The first-order valence-corrected chi connectivity index (χ1v) is 9.34. The molecule has 1 aliphatic carbocycles. The van der Waals surface area contributed by atoms with Gasteiger partial charge in [-0.05, 0) is 52.3 Å². The third kappa shape index (κ3) is 4.32. The van der Waals surface area contributed by atoms with Crippen molar-refractivity contribution in [2.24, 2.45) is 0 Å². The molecule has 0 bridgehead atoms. The summed E-state index contributed by atoms with van der Waals surface area (Å²) in [5.41, 5.74) is 7.14. The predicted molar refractivity (Wildman–Crippen MR) is 113 cm³/mol. The second kappa shape index (κ2) is 8.45. The first kappa shape index (κ1) is 18.6. The molecule has 3 nitrogen and oxygen atoms in total. The molecule has 0 aromatic heterocycles. The van der Waals surface area contributed by atoms with Crippen LogP contribution in [0, 0.1) is 10.1 Å². The van der Waals surface area contributed by atoms with Crippen LogP contribution in [0.25, 0.3) is 23.3 Å². The number of nitrogens with zero attached hydrogens (tertiary/aromatic N) is 1. The Hall–Kier alpha value is -3.20. The van der Waals surface area contributed by atoms with Gasteiger partial charge in [0.05, 0.1) is 4.92 Å². The van der Waals surface area contributed by atoms with Crippen molar-refractivity contribution in [1.82, 2.24) is 0 Å². The zero-order valence-electron chi connectivity index (χ0n) is 15.7. The Balaban J connectivity index is 0.00000102. The zero-order chi connectivity index (χ0) is 19.2. The molecular formula is C24H23NO2. The van der Waals surface area contributed by atoms with E-state index in [0.29, 0.717) is 0 Å². The van der Waals surface area contributed by atoms with Crippen LogP contribution >= 0.6 is 0 Å². The van der Waals surface area contributed by atoms with Crippen LogP contribution in [0.5, 0.6) is 0 Å². The summed E-state index contributed by atoms with van der Waals surface area (Å²) in [6.45, 7) is 4.00. The van der Waals surface area contributed by atoms with Crippen LogP contribution in [0.2, 0.25) is 0 Å². The number of hydrogen-bond acceptors (Lipinski definition) is 2. The summed E-state index contributed by atoms with van der Waals surface area (Å²) in [5, 5.41) is 11.0. The molecule has 0 amide bonds. The molecule has 0 unspecified atom stereocenters. The summed E-state index contributed by atoms with van der Waals surface area (Å²) in [7, 11) is 0. The number of nitro benzene ring substituents is 1. The molecule has 3 heteroatoms. The molecule has 136 valence electrons. The number of non-ortho nitro benzene ring substituents is 1. The van der Waals surface area contributed by atoms with Crippen LogP contribution < -0.4 is 0 Å². The average molecular weight is 357 g/mol. The van der Waals surface area contributed by atoms with Gasteiger partial charge in [-0.3, -0.25) is 10.1 Å². The molecule has 0 saturated carbocycles. The molecule has 27 heavy (non-hydrogen) atoms. The summed E-state index contributed by atoms with van der Waals surface area (Å²) in [5.74, 6) is 0. The van der Waals surface area contributed by atoms with Gasteiger partial charge in [0.15, 0.2) is 0 Å². The number of hydrogen-bond donors (Lipinski definition) is 0. The molecule has 3 aromatic carbocycles. The molecule has 1 aliphatic rings. The Kier molecular flexibility index (Phi) is 5.82. The van der Waals surface area contributed by atoms with Crippen LogP contribution in [-0.4, -0.2) is 4.92 Å². The summed E-state index contributed by atoms with van der Waals surface area (Å²) >= 11 is 0. The quantitative estimate of drug-likeness (QED) is 0.301. The lowest BCUT2D eigenvalue weighted by molar-refractivity contribution is -0.384. The van der Waals surface area contributed by atoms with Crippen LogP contribution in [0.3, 0.4) is 0 Å². The number of fused-ring (bicyclic) bond motifs is 1. The number of nitro groups is 1. The maximum atomic E-state index is 11.0. The Morgan fingerprint density at radius 1 is 0.778 bits per heavy atom. The van der Waals surface area contributed by atoms with Crippen LogP contribution in [0.4, 0.5) is 5.69 Å². The van der Waals surface area contributed by atoms with E-state index in [-0.39, 0.29) is 10.6 Å². The van der Waals surface area contributed by atoms with Crippen molar-refractivity contribution in [2.45, 2.75) is 26.7 Å². The van der Waals surface area contributed by atoms with E-state index >= 15 is 0 Å². The lowest BCUT2D eigenvalue weighted by Crippen LogP contribution is -2.07. The Bertz CT molecular complexity index is 989. The van der Waals surface area contributed by atoms with Gasteiger partial charge in [-0.15, -0.1) is 0 Å². The van der Waals surface area contributed by atoms with Gasteiger partial charge in [-0.2, -0.15) is 0 Å². The third-order valence-corrected chi connectivity index (χ3v) is 4.64. The van der Waals surface area contributed by atoms with Crippen LogP contribution in [0.1, 0.15) is 36.1 Å². The second-order valence-corrected chi connectivity index (χ2v) is 6.29. The topological polar surface area (TPSA) is 43.1 Å². The van der Waals surface area contributed by atoms with Crippen molar-refractivity contribution >= 4 is 17.8 Å². The van der Waals surface area contributed by atoms with Gasteiger partial charge in [-0.25, -0.2) is 0 Å². The molecule has 0 radical (unpaired) electrons. The van der Waals surface area contributed by atoms with E-state index in [9.17, 15) is 10.1 Å². The summed E-state index contributed by atoms with van der Waals surface area (Å²) in [4.78, 5) is 10.6. The fourth-order valence-corrected chi connectivity index (χ4v) is 3.13. The van der Waals surface area contributed by atoms with E-state index in [2.05, 4.69) is 36.4 Å². The van der Waals surface area contributed by atoms with E-state index in [1.165, 1.54) is 35.6 Å². The molecule has 0 heterocycles. The molecule has 0 spiro atoms. The molecule has 0 atom stereocenters. The molecule has 3 aromatic rings. The van der Waals surface area contributed by atoms with E-state index in [4.69, 9.17) is 0 Å². The number of benzene rings is 3. The van der Waals surface area contributed by atoms with Gasteiger partial charge in [0.25, 0.3) is 5.69 Å². The largest absolute Gasteiger partial charge is 0.270 e. The Morgan fingerprint density at radius 3 is 2.04 bits per heavy atom. The van der Waals surface area contributed by atoms with Crippen molar-refractivity contribution in [1.29, 1.82) is 0 Å². The van der Waals surface area contributed by atoms with Crippen LogP contribution in [-0.2, 0) is 12.8 Å². The fourth-order valence-electron chi connectivity index (χ4n) is 3.13. The van der Waals surface area contributed by atoms with E-state index in [1.807, 2.05) is 38.1 Å². The van der Waals surface area contributed by atoms with Gasteiger partial charge in [-0.1, -0.05) is 74.5 Å². The first-order valence-electron chi connectivity index (χ1n) is 9.34. The second-order valence-electron chi connectivity index (χ2n) is 6.29. The Morgan fingerprint density at radius 2 is 1.41 bits per heavy atom. The minimum atomic E-state index is -0.363. The zero-order valence-corrected chi connectivity index (χ0v) is 15.7. The van der Waals surface area contributed by atoms with Gasteiger partial charge in [0.1, 0.15) is 0 Å². The summed E-state index contributed by atoms with van der Waals surface area (Å²) < 4.78 is 0. The number of rotatable bonds is 4. The smallest absolute Gasteiger partial charge is 0.258 e. The number of aryl methyl sites for hydroxylation is 2. The lowest BCUT2D eigenvalue weighted by Gasteiger charge is -2.18. The molecule has 0 aliphatic heterocycles. The minimum Gasteiger partial charge on any atom is -0.258 e. The molecule has 0 fully saturated rings. The maximum absolute atomic E-state index is 11.0. The molecular weight excluding hydrogens is 334 g/mol. The predicted octanol–water partition coefficient (Wildman–Crippen LogP) is 6.56.